The summed E-state index contributed by atoms with van der Waals surface area (Å²) in [6.45, 7) is 6.60. The van der Waals surface area contributed by atoms with Crippen LogP contribution in [0.15, 0.2) is 18.3 Å². The molecule has 0 amide bonds. The van der Waals surface area contributed by atoms with Crippen molar-refractivity contribution in [2.45, 2.75) is 32.5 Å². The molecule has 0 aromatic carbocycles. The van der Waals surface area contributed by atoms with Gasteiger partial charge in [0.25, 0.3) is 0 Å². The van der Waals surface area contributed by atoms with E-state index in [1.165, 1.54) is 0 Å². The lowest BCUT2D eigenvalue weighted by molar-refractivity contribution is 0.0532. The molecule has 0 aliphatic carbocycles. The van der Waals surface area contributed by atoms with Crippen molar-refractivity contribution in [3.63, 3.8) is 0 Å². The fourth-order valence-corrected chi connectivity index (χ4v) is 2.04. The maximum atomic E-state index is 9.68. The van der Waals surface area contributed by atoms with Gasteiger partial charge in [-0.15, -0.1) is 0 Å². The first-order chi connectivity index (χ1) is 8.20. The van der Waals surface area contributed by atoms with Gasteiger partial charge in [0.15, 0.2) is 0 Å². The Morgan fingerprint density at radius 1 is 1.59 bits per heavy atom. The van der Waals surface area contributed by atoms with Crippen molar-refractivity contribution in [3.05, 3.63) is 24.0 Å². The van der Waals surface area contributed by atoms with E-state index in [0.717, 1.165) is 31.1 Å². The van der Waals surface area contributed by atoms with Gasteiger partial charge >= 0.3 is 0 Å². The van der Waals surface area contributed by atoms with Crippen LogP contribution in [0.2, 0.25) is 0 Å². The van der Waals surface area contributed by atoms with Gasteiger partial charge < -0.3 is 14.7 Å². The Kier molecular flexibility index (Phi) is 3.97. The predicted molar refractivity (Wildman–Crippen MR) is 67.1 cm³/mol. The molecule has 1 aromatic rings. The number of anilines is 1. The standard InChI is InChI=1S/C13H20N2O2/c1-3-13(16)12-5-4-11(8-14-12)15-6-7-17-10(2)9-15/h4-5,8,10,13,16H,3,6-7,9H2,1-2H3/t10?,13-/m0/s1. The lowest BCUT2D eigenvalue weighted by Gasteiger charge is -2.32. The summed E-state index contributed by atoms with van der Waals surface area (Å²) in [5.41, 5.74) is 1.85. The summed E-state index contributed by atoms with van der Waals surface area (Å²) >= 11 is 0. The van der Waals surface area contributed by atoms with E-state index in [-0.39, 0.29) is 6.10 Å². The Morgan fingerprint density at radius 3 is 3.00 bits per heavy atom. The fraction of sp³-hybridized carbons (Fsp3) is 0.615. The number of aliphatic hydroxyl groups excluding tert-OH is 1. The summed E-state index contributed by atoms with van der Waals surface area (Å²) in [6.07, 6.45) is 2.35. The van der Waals surface area contributed by atoms with Crippen LogP contribution in [0, 0.1) is 0 Å². The summed E-state index contributed by atoms with van der Waals surface area (Å²) in [5, 5.41) is 9.68. The van der Waals surface area contributed by atoms with E-state index in [9.17, 15) is 5.11 Å². The van der Waals surface area contributed by atoms with Crippen LogP contribution in [0.5, 0.6) is 0 Å². The van der Waals surface area contributed by atoms with E-state index in [2.05, 4.69) is 16.8 Å². The molecule has 94 valence electrons. The number of nitrogens with zero attached hydrogens (tertiary/aromatic N) is 2. The second kappa shape index (κ2) is 5.47. The smallest absolute Gasteiger partial charge is 0.0957 e. The SMILES string of the molecule is CC[C@H](O)c1ccc(N2CCOC(C)C2)cn1. The van der Waals surface area contributed by atoms with Crippen LogP contribution in [-0.2, 0) is 4.74 Å². The molecule has 1 aliphatic rings. The molecule has 0 saturated carbocycles. The van der Waals surface area contributed by atoms with Gasteiger partial charge in [-0.2, -0.15) is 0 Å². The summed E-state index contributed by atoms with van der Waals surface area (Å²) in [7, 11) is 0. The second-order valence-corrected chi connectivity index (χ2v) is 4.49. The fourth-order valence-electron chi connectivity index (χ4n) is 2.04. The Labute approximate surface area is 102 Å². The summed E-state index contributed by atoms with van der Waals surface area (Å²) in [4.78, 5) is 6.58. The van der Waals surface area contributed by atoms with Crippen molar-refractivity contribution in [2.24, 2.45) is 0 Å². The molecular weight excluding hydrogens is 216 g/mol. The van der Waals surface area contributed by atoms with Gasteiger partial charge in [0, 0.05) is 13.1 Å². The van der Waals surface area contributed by atoms with Crippen LogP contribution in [0.25, 0.3) is 0 Å². The van der Waals surface area contributed by atoms with Crippen LogP contribution in [0.1, 0.15) is 32.1 Å². The average molecular weight is 236 g/mol. The molecule has 1 saturated heterocycles. The van der Waals surface area contributed by atoms with Gasteiger partial charge in [-0.25, -0.2) is 0 Å². The van der Waals surface area contributed by atoms with E-state index in [0.29, 0.717) is 6.42 Å². The molecule has 2 atom stereocenters. The van der Waals surface area contributed by atoms with Crippen LogP contribution in [0.4, 0.5) is 5.69 Å². The Hall–Kier alpha value is -1.13. The zero-order chi connectivity index (χ0) is 12.3. The zero-order valence-electron chi connectivity index (χ0n) is 10.5. The molecule has 4 nitrogen and oxygen atoms in total. The van der Waals surface area contributed by atoms with E-state index in [4.69, 9.17) is 4.74 Å². The van der Waals surface area contributed by atoms with Gasteiger partial charge in [-0.05, 0) is 25.5 Å². The monoisotopic (exact) mass is 236 g/mol. The normalized spacial score (nSPS) is 22.5. The lowest BCUT2D eigenvalue weighted by atomic mass is 10.2. The first-order valence-electron chi connectivity index (χ1n) is 6.21. The van der Waals surface area contributed by atoms with Gasteiger partial charge in [0.2, 0.25) is 0 Å². The third kappa shape index (κ3) is 2.96. The number of aliphatic hydroxyl groups is 1. The number of aromatic nitrogens is 1. The third-order valence-electron chi connectivity index (χ3n) is 3.11. The molecule has 0 spiro atoms. The highest BCUT2D eigenvalue weighted by Gasteiger charge is 2.17. The molecule has 0 radical (unpaired) electrons. The highest BCUT2D eigenvalue weighted by atomic mass is 16.5. The molecule has 1 N–H and O–H groups in total. The van der Waals surface area contributed by atoms with Crippen molar-refractivity contribution in [3.8, 4) is 0 Å². The number of pyridine rings is 1. The minimum Gasteiger partial charge on any atom is -0.387 e. The molecule has 0 bridgehead atoms. The van der Waals surface area contributed by atoms with Crippen molar-refractivity contribution < 1.29 is 9.84 Å². The van der Waals surface area contributed by atoms with Crippen molar-refractivity contribution in [1.82, 2.24) is 4.98 Å². The molecule has 1 aliphatic heterocycles. The quantitative estimate of drug-likeness (QED) is 0.868. The van der Waals surface area contributed by atoms with Gasteiger partial charge in [-0.3, -0.25) is 4.98 Å². The van der Waals surface area contributed by atoms with E-state index in [1.807, 2.05) is 25.3 Å². The van der Waals surface area contributed by atoms with Crippen LogP contribution in [0.3, 0.4) is 0 Å². The van der Waals surface area contributed by atoms with Crippen LogP contribution >= 0.6 is 0 Å². The van der Waals surface area contributed by atoms with Gasteiger partial charge in [0.1, 0.15) is 0 Å². The summed E-state index contributed by atoms with van der Waals surface area (Å²) < 4.78 is 5.51. The van der Waals surface area contributed by atoms with Crippen molar-refractivity contribution >= 4 is 5.69 Å². The third-order valence-corrected chi connectivity index (χ3v) is 3.11. The highest BCUT2D eigenvalue weighted by Crippen LogP contribution is 2.20. The minimum atomic E-state index is -0.451. The molecule has 1 fully saturated rings. The first-order valence-corrected chi connectivity index (χ1v) is 6.21. The Morgan fingerprint density at radius 2 is 2.41 bits per heavy atom. The number of morpholine rings is 1. The number of rotatable bonds is 3. The Balaban J connectivity index is 2.06. The van der Waals surface area contributed by atoms with Gasteiger partial charge in [-0.1, -0.05) is 6.92 Å². The Bertz CT molecular complexity index is 353. The topological polar surface area (TPSA) is 45.6 Å². The number of hydrogen-bond acceptors (Lipinski definition) is 4. The van der Waals surface area contributed by atoms with Gasteiger partial charge in [0.05, 0.1) is 36.4 Å². The highest BCUT2D eigenvalue weighted by molar-refractivity contribution is 5.45. The average Bonchev–Trinajstić information content (AvgIpc) is 2.38. The molecular formula is C13H20N2O2. The van der Waals surface area contributed by atoms with E-state index < -0.39 is 6.10 Å². The van der Waals surface area contributed by atoms with Crippen molar-refractivity contribution in [1.29, 1.82) is 0 Å². The predicted octanol–water partition coefficient (Wildman–Crippen LogP) is 1.75. The van der Waals surface area contributed by atoms with Crippen LogP contribution in [-0.4, -0.2) is 35.9 Å². The zero-order valence-corrected chi connectivity index (χ0v) is 10.5. The minimum absolute atomic E-state index is 0.268. The summed E-state index contributed by atoms with van der Waals surface area (Å²) in [6, 6.07) is 3.93. The maximum Gasteiger partial charge on any atom is 0.0957 e. The number of hydrogen-bond donors (Lipinski definition) is 1. The van der Waals surface area contributed by atoms with E-state index >= 15 is 0 Å². The first kappa shape index (κ1) is 12.3. The molecule has 17 heavy (non-hydrogen) atoms. The lowest BCUT2D eigenvalue weighted by Crippen LogP contribution is -2.41. The molecule has 2 rings (SSSR count). The molecule has 2 heterocycles. The largest absolute Gasteiger partial charge is 0.387 e. The van der Waals surface area contributed by atoms with E-state index in [1.54, 1.807) is 0 Å². The number of ether oxygens (including phenoxy) is 1. The molecule has 1 aromatic heterocycles. The molecule has 4 heteroatoms. The summed E-state index contributed by atoms with van der Waals surface area (Å²) in [5.74, 6) is 0. The van der Waals surface area contributed by atoms with Crippen LogP contribution < -0.4 is 4.90 Å². The maximum absolute atomic E-state index is 9.68. The van der Waals surface area contributed by atoms with Crippen molar-refractivity contribution in [2.75, 3.05) is 24.6 Å². The molecule has 1 unspecified atom stereocenters. The second-order valence-electron chi connectivity index (χ2n) is 4.49.